The van der Waals surface area contributed by atoms with Gasteiger partial charge in [0, 0.05) is 36.1 Å². The second kappa shape index (κ2) is 7.59. The Bertz CT molecular complexity index is 1500. The number of hydrogen-bond acceptors (Lipinski definition) is 5. The van der Waals surface area contributed by atoms with Crippen molar-refractivity contribution in [2.75, 3.05) is 22.8 Å². The van der Waals surface area contributed by atoms with E-state index < -0.39 is 16.0 Å². The summed E-state index contributed by atoms with van der Waals surface area (Å²) in [6, 6.07) is 12.2. The van der Waals surface area contributed by atoms with Crippen molar-refractivity contribution in [3.63, 3.8) is 0 Å². The zero-order valence-corrected chi connectivity index (χ0v) is 18.9. The van der Waals surface area contributed by atoms with Crippen LogP contribution >= 0.6 is 0 Å². The monoisotopic (exact) mass is 475 g/mol. The smallest absolute Gasteiger partial charge is 0.339 e. The second-order valence-corrected chi connectivity index (χ2v) is 10.4. The summed E-state index contributed by atoms with van der Waals surface area (Å²) < 4.78 is 33.8. The van der Waals surface area contributed by atoms with Gasteiger partial charge in [-0.1, -0.05) is 18.2 Å². The number of esters is 1. The molecule has 3 aliphatic rings. The molecule has 0 spiro atoms. The van der Waals surface area contributed by atoms with Gasteiger partial charge in [-0.15, -0.1) is 0 Å². The quantitative estimate of drug-likeness (QED) is 0.446. The van der Waals surface area contributed by atoms with E-state index in [1.54, 1.807) is 24.4 Å². The van der Waals surface area contributed by atoms with Gasteiger partial charge >= 0.3 is 5.97 Å². The van der Waals surface area contributed by atoms with Gasteiger partial charge in [-0.2, -0.15) is 0 Å². The highest BCUT2D eigenvalue weighted by atomic mass is 32.2. The molecule has 0 atom stereocenters. The Morgan fingerprint density at radius 1 is 1.03 bits per heavy atom. The number of benzene rings is 2. The lowest BCUT2D eigenvalue weighted by molar-refractivity contribution is -0.110. The van der Waals surface area contributed by atoms with Crippen LogP contribution in [0.5, 0.6) is 0 Å². The predicted molar refractivity (Wildman–Crippen MR) is 127 cm³/mol. The summed E-state index contributed by atoms with van der Waals surface area (Å²) in [5.41, 5.74) is 5.00. The number of aromatic nitrogens is 1. The van der Waals surface area contributed by atoms with Crippen LogP contribution in [0.2, 0.25) is 0 Å². The summed E-state index contributed by atoms with van der Waals surface area (Å²) >= 11 is 0. The standard InChI is InChI=1S/C25H21N3O5S/c29-24-19(13-22-17-9-11-33-25(30)20(17)14-26-22)18-12-16(7-8-21(18)27-24)34(31,32)28-10-3-5-15-4-1-2-6-23(15)28/h1-2,4,6-8,12-14,26H,3,5,9-11H2,(H,27,29). The number of cyclic esters (lactones) is 1. The number of anilines is 2. The zero-order valence-electron chi connectivity index (χ0n) is 18.1. The molecule has 3 aromatic rings. The number of H-pyrrole nitrogens is 1. The second-order valence-electron chi connectivity index (χ2n) is 8.51. The molecule has 34 heavy (non-hydrogen) atoms. The molecular weight excluding hydrogens is 454 g/mol. The number of sulfonamides is 1. The first kappa shape index (κ1) is 20.7. The maximum Gasteiger partial charge on any atom is 0.339 e. The SMILES string of the molecule is O=C1Nc2ccc(S(=O)(=O)N3CCCc4ccccc43)cc2C1=Cc1[nH]cc2c1CCOC2=O. The number of fused-ring (bicyclic) bond motifs is 3. The molecule has 2 N–H and O–H groups in total. The van der Waals surface area contributed by atoms with Crippen molar-refractivity contribution in [1.29, 1.82) is 0 Å². The number of nitrogens with zero attached hydrogens (tertiary/aromatic N) is 1. The number of para-hydroxylation sites is 1. The number of aryl methyl sites for hydroxylation is 1. The van der Waals surface area contributed by atoms with E-state index in [1.807, 2.05) is 24.3 Å². The van der Waals surface area contributed by atoms with Crippen molar-refractivity contribution in [3.8, 4) is 0 Å². The lowest BCUT2D eigenvalue weighted by Gasteiger charge is -2.30. The number of nitrogens with one attached hydrogen (secondary N) is 2. The summed E-state index contributed by atoms with van der Waals surface area (Å²) in [6.45, 7) is 0.684. The highest BCUT2D eigenvalue weighted by molar-refractivity contribution is 7.92. The van der Waals surface area contributed by atoms with Crippen molar-refractivity contribution in [2.24, 2.45) is 0 Å². The third kappa shape index (κ3) is 3.15. The first-order valence-corrected chi connectivity index (χ1v) is 12.5. The third-order valence-corrected chi connectivity index (χ3v) is 8.35. The highest BCUT2D eigenvalue weighted by Crippen LogP contribution is 2.38. The van der Waals surface area contributed by atoms with Crippen molar-refractivity contribution in [3.05, 3.63) is 76.6 Å². The Balaban J connectivity index is 1.42. The van der Waals surface area contributed by atoms with Crippen molar-refractivity contribution >= 4 is 44.9 Å². The molecule has 8 nitrogen and oxygen atoms in total. The van der Waals surface area contributed by atoms with E-state index in [0.29, 0.717) is 46.7 Å². The number of aromatic amines is 1. The maximum atomic E-state index is 13.6. The minimum Gasteiger partial charge on any atom is -0.462 e. The van der Waals surface area contributed by atoms with E-state index in [0.717, 1.165) is 24.0 Å². The van der Waals surface area contributed by atoms with Crippen LogP contribution in [0.15, 0.2) is 53.6 Å². The van der Waals surface area contributed by atoms with Gasteiger partial charge in [0.2, 0.25) is 0 Å². The van der Waals surface area contributed by atoms with E-state index in [9.17, 15) is 18.0 Å². The summed E-state index contributed by atoms with van der Waals surface area (Å²) in [6.07, 6.45) is 5.37. The molecule has 1 amide bonds. The fourth-order valence-corrected chi connectivity index (χ4v) is 6.43. The number of rotatable bonds is 3. The van der Waals surface area contributed by atoms with Crippen molar-refractivity contribution in [2.45, 2.75) is 24.2 Å². The number of carbonyl (C=O) groups is 2. The number of hydrogen-bond donors (Lipinski definition) is 2. The molecule has 2 aromatic carbocycles. The van der Waals surface area contributed by atoms with Crippen LogP contribution in [0.25, 0.3) is 11.6 Å². The molecule has 1 aromatic heterocycles. The molecule has 6 rings (SSSR count). The molecule has 0 saturated heterocycles. The van der Waals surface area contributed by atoms with Gasteiger partial charge < -0.3 is 15.0 Å². The molecule has 4 heterocycles. The van der Waals surface area contributed by atoms with Crippen molar-refractivity contribution in [1.82, 2.24) is 4.98 Å². The average Bonchev–Trinajstić information content (AvgIpc) is 3.40. The van der Waals surface area contributed by atoms with Gasteiger partial charge in [-0.25, -0.2) is 13.2 Å². The molecule has 0 bridgehead atoms. The maximum absolute atomic E-state index is 13.6. The Labute approximate surface area is 196 Å². The van der Waals surface area contributed by atoms with Gasteiger partial charge in [-0.05, 0) is 54.3 Å². The molecule has 3 aliphatic heterocycles. The average molecular weight is 476 g/mol. The first-order valence-electron chi connectivity index (χ1n) is 11.1. The Hall–Kier alpha value is -3.85. The van der Waals surface area contributed by atoms with Gasteiger partial charge in [0.05, 0.1) is 28.3 Å². The number of amides is 1. The summed E-state index contributed by atoms with van der Waals surface area (Å²) in [5.74, 6) is -0.719. The van der Waals surface area contributed by atoms with Crippen LogP contribution in [0.3, 0.4) is 0 Å². The lowest BCUT2D eigenvalue weighted by atomic mass is 10.0. The third-order valence-electron chi connectivity index (χ3n) is 6.55. The fraction of sp³-hybridized carbons (Fsp3) is 0.200. The minimum atomic E-state index is -3.82. The molecule has 0 radical (unpaired) electrons. The van der Waals surface area contributed by atoms with E-state index in [-0.39, 0.29) is 17.4 Å². The van der Waals surface area contributed by atoms with Gasteiger partial charge in [0.15, 0.2) is 0 Å². The number of ether oxygens (including phenoxy) is 1. The van der Waals surface area contributed by atoms with Crippen LogP contribution < -0.4 is 9.62 Å². The molecule has 0 saturated carbocycles. The molecule has 9 heteroatoms. The summed E-state index contributed by atoms with van der Waals surface area (Å²) in [5, 5.41) is 2.80. The van der Waals surface area contributed by atoms with E-state index >= 15 is 0 Å². The lowest BCUT2D eigenvalue weighted by Crippen LogP contribution is -2.35. The van der Waals surface area contributed by atoms with E-state index in [1.165, 1.54) is 10.4 Å². The van der Waals surface area contributed by atoms with Crippen LogP contribution in [-0.2, 0) is 32.4 Å². The van der Waals surface area contributed by atoms with Crippen LogP contribution in [-0.4, -0.2) is 38.4 Å². The fourth-order valence-electron chi connectivity index (χ4n) is 4.86. The Morgan fingerprint density at radius 3 is 2.76 bits per heavy atom. The molecule has 172 valence electrons. The van der Waals surface area contributed by atoms with Gasteiger partial charge in [0.25, 0.3) is 15.9 Å². The predicted octanol–water partition coefficient (Wildman–Crippen LogP) is 3.36. The summed E-state index contributed by atoms with van der Waals surface area (Å²) in [4.78, 5) is 27.9. The molecule has 0 aliphatic carbocycles. The molecular formula is C25H21N3O5S. The minimum absolute atomic E-state index is 0.127. The summed E-state index contributed by atoms with van der Waals surface area (Å²) in [7, 11) is -3.82. The first-order chi connectivity index (χ1) is 16.4. The normalized spacial score (nSPS) is 18.2. The van der Waals surface area contributed by atoms with Crippen LogP contribution in [0.4, 0.5) is 11.4 Å². The number of carbonyl (C=O) groups excluding carboxylic acids is 2. The van der Waals surface area contributed by atoms with Gasteiger partial charge in [0.1, 0.15) is 0 Å². The zero-order chi connectivity index (χ0) is 23.4. The van der Waals surface area contributed by atoms with E-state index in [4.69, 9.17) is 4.74 Å². The van der Waals surface area contributed by atoms with Crippen LogP contribution in [0, 0.1) is 0 Å². The Morgan fingerprint density at radius 2 is 1.88 bits per heavy atom. The molecule has 0 fully saturated rings. The topological polar surface area (TPSA) is 109 Å². The highest BCUT2D eigenvalue weighted by Gasteiger charge is 2.32. The molecule has 0 unspecified atom stereocenters. The van der Waals surface area contributed by atoms with E-state index in [2.05, 4.69) is 10.3 Å². The van der Waals surface area contributed by atoms with Gasteiger partial charge in [-0.3, -0.25) is 9.10 Å². The Kier molecular flexibility index (Phi) is 4.63. The van der Waals surface area contributed by atoms with Crippen molar-refractivity contribution < 1.29 is 22.7 Å². The van der Waals surface area contributed by atoms with Crippen LogP contribution in [0.1, 0.15) is 39.2 Å². The largest absolute Gasteiger partial charge is 0.462 e.